The third kappa shape index (κ3) is 1.84. The van der Waals surface area contributed by atoms with Gasteiger partial charge in [0.05, 0.1) is 21.1 Å². The Kier molecular flexibility index (Phi) is 2.76. The van der Waals surface area contributed by atoms with E-state index < -0.39 is 16.8 Å². The number of carboxylic acid groups (broad SMARTS) is 1. The van der Waals surface area contributed by atoms with Gasteiger partial charge in [-0.25, -0.2) is 4.98 Å². The number of rotatable bonds is 3. The molecule has 1 heterocycles. The summed E-state index contributed by atoms with van der Waals surface area (Å²) >= 11 is 1.28. The molecule has 17 heavy (non-hydrogen) atoms. The van der Waals surface area contributed by atoms with Gasteiger partial charge in [-0.3, -0.25) is 14.9 Å². The number of carbonyl (C=O) groups is 1. The Morgan fingerprint density at radius 1 is 1.59 bits per heavy atom. The molecule has 0 fully saturated rings. The van der Waals surface area contributed by atoms with Crippen molar-refractivity contribution in [2.75, 3.05) is 0 Å². The zero-order valence-corrected chi connectivity index (χ0v) is 9.60. The third-order valence-corrected chi connectivity index (χ3v) is 3.32. The molecular formula is C10H8N2O4S. The van der Waals surface area contributed by atoms with Gasteiger partial charge in [-0.05, 0) is 19.1 Å². The molecule has 0 saturated heterocycles. The summed E-state index contributed by atoms with van der Waals surface area (Å²) in [5.41, 5.74) is 1.73. The molecule has 0 aliphatic heterocycles. The monoisotopic (exact) mass is 252 g/mol. The van der Waals surface area contributed by atoms with Crippen LogP contribution in [0.1, 0.15) is 18.4 Å². The number of aromatic nitrogens is 1. The van der Waals surface area contributed by atoms with Crippen molar-refractivity contribution in [1.29, 1.82) is 0 Å². The Labute approximate surface area is 99.7 Å². The van der Waals surface area contributed by atoms with Crippen LogP contribution in [0.2, 0.25) is 0 Å². The maximum Gasteiger partial charge on any atom is 0.310 e. The number of nitro groups is 1. The van der Waals surface area contributed by atoms with Gasteiger partial charge in [-0.1, -0.05) is 0 Å². The lowest BCUT2D eigenvalue weighted by Gasteiger charge is -2.07. The Morgan fingerprint density at radius 3 is 2.88 bits per heavy atom. The second-order valence-electron chi connectivity index (χ2n) is 3.52. The molecule has 0 aliphatic carbocycles. The molecule has 88 valence electrons. The van der Waals surface area contributed by atoms with Gasteiger partial charge in [0.1, 0.15) is 0 Å². The first-order valence-electron chi connectivity index (χ1n) is 4.75. The first kappa shape index (κ1) is 11.5. The van der Waals surface area contributed by atoms with E-state index in [9.17, 15) is 14.9 Å². The van der Waals surface area contributed by atoms with Gasteiger partial charge >= 0.3 is 5.97 Å². The number of nitro benzene ring substituents is 1. The summed E-state index contributed by atoms with van der Waals surface area (Å²) in [4.78, 5) is 25.3. The normalized spacial score (nSPS) is 12.5. The van der Waals surface area contributed by atoms with E-state index in [-0.39, 0.29) is 16.8 Å². The highest BCUT2D eigenvalue weighted by atomic mass is 32.1. The molecule has 6 nitrogen and oxygen atoms in total. The Hall–Kier alpha value is -2.02. The molecule has 2 aromatic rings. The van der Waals surface area contributed by atoms with Crippen LogP contribution in [-0.2, 0) is 4.79 Å². The Morgan fingerprint density at radius 2 is 2.29 bits per heavy atom. The number of hydrogen-bond acceptors (Lipinski definition) is 5. The zero-order chi connectivity index (χ0) is 12.6. The van der Waals surface area contributed by atoms with Crippen LogP contribution in [0.4, 0.5) is 5.69 Å². The van der Waals surface area contributed by atoms with Crippen LogP contribution in [0, 0.1) is 10.1 Å². The first-order valence-corrected chi connectivity index (χ1v) is 5.63. The number of benzene rings is 1. The number of hydrogen-bond donors (Lipinski definition) is 1. The van der Waals surface area contributed by atoms with E-state index in [2.05, 4.69) is 4.98 Å². The minimum Gasteiger partial charge on any atom is -0.481 e. The van der Waals surface area contributed by atoms with E-state index in [0.717, 1.165) is 0 Å². The minimum absolute atomic E-state index is 0.181. The summed E-state index contributed by atoms with van der Waals surface area (Å²) < 4.78 is 0.679. The number of thiazole rings is 1. The van der Waals surface area contributed by atoms with Crippen molar-refractivity contribution in [3.8, 4) is 0 Å². The van der Waals surface area contributed by atoms with Crippen LogP contribution >= 0.6 is 11.3 Å². The molecule has 0 amide bonds. The Balaban J connectivity index is 2.74. The van der Waals surface area contributed by atoms with Crippen LogP contribution in [0.5, 0.6) is 0 Å². The largest absolute Gasteiger partial charge is 0.481 e. The molecular weight excluding hydrogens is 244 g/mol. The summed E-state index contributed by atoms with van der Waals surface area (Å²) in [6.07, 6.45) is 0. The lowest BCUT2D eigenvalue weighted by molar-refractivity contribution is -0.384. The molecule has 0 saturated carbocycles. The van der Waals surface area contributed by atoms with Crippen molar-refractivity contribution < 1.29 is 14.8 Å². The SMILES string of the molecule is CC(C(=O)O)c1ccc2scnc2c1[N+](=O)[O-]. The number of carboxylic acids is 1. The molecule has 7 heteroatoms. The van der Waals surface area contributed by atoms with Crippen molar-refractivity contribution >= 4 is 33.2 Å². The summed E-state index contributed by atoms with van der Waals surface area (Å²) in [6.45, 7) is 1.42. The van der Waals surface area contributed by atoms with Crippen molar-refractivity contribution in [1.82, 2.24) is 4.98 Å². The van der Waals surface area contributed by atoms with Gasteiger partial charge in [0.25, 0.3) is 5.69 Å². The van der Waals surface area contributed by atoms with Crippen molar-refractivity contribution in [2.24, 2.45) is 0 Å². The van der Waals surface area contributed by atoms with Crippen LogP contribution in [0.15, 0.2) is 17.6 Å². The fraction of sp³-hybridized carbons (Fsp3) is 0.200. The van der Waals surface area contributed by atoms with E-state index in [1.165, 1.54) is 29.8 Å². The van der Waals surface area contributed by atoms with Crippen LogP contribution in [-0.4, -0.2) is 21.0 Å². The molecule has 1 aromatic carbocycles. The second-order valence-corrected chi connectivity index (χ2v) is 4.41. The topological polar surface area (TPSA) is 93.3 Å². The van der Waals surface area contributed by atoms with Crippen molar-refractivity contribution in [3.05, 3.63) is 33.3 Å². The fourth-order valence-electron chi connectivity index (χ4n) is 1.61. The average molecular weight is 252 g/mol. The van der Waals surface area contributed by atoms with E-state index in [4.69, 9.17) is 5.11 Å². The predicted molar refractivity (Wildman–Crippen MR) is 62.3 cm³/mol. The highest BCUT2D eigenvalue weighted by molar-refractivity contribution is 7.16. The quantitative estimate of drug-likeness (QED) is 0.668. The van der Waals surface area contributed by atoms with Gasteiger partial charge in [-0.15, -0.1) is 11.3 Å². The summed E-state index contributed by atoms with van der Waals surface area (Å²) in [7, 11) is 0. The second kappa shape index (κ2) is 4.10. The highest BCUT2D eigenvalue weighted by Crippen LogP contribution is 2.34. The van der Waals surface area contributed by atoms with Gasteiger partial charge < -0.3 is 5.11 Å². The molecule has 0 bridgehead atoms. The fourth-order valence-corrected chi connectivity index (χ4v) is 2.29. The van der Waals surface area contributed by atoms with Crippen LogP contribution < -0.4 is 0 Å². The van der Waals surface area contributed by atoms with Gasteiger partial charge in [-0.2, -0.15) is 0 Å². The standard InChI is InChI=1S/C10H8N2O4S/c1-5(10(13)14)6-2-3-7-8(11-4-17-7)9(6)12(15)16/h2-5H,1H3,(H,13,14). The molecule has 1 unspecified atom stereocenters. The number of nitrogens with zero attached hydrogens (tertiary/aromatic N) is 2. The van der Waals surface area contributed by atoms with Crippen molar-refractivity contribution in [3.63, 3.8) is 0 Å². The van der Waals surface area contributed by atoms with E-state index in [0.29, 0.717) is 4.70 Å². The minimum atomic E-state index is -1.09. The average Bonchev–Trinajstić information content (AvgIpc) is 2.73. The van der Waals surface area contributed by atoms with Gasteiger partial charge in [0.15, 0.2) is 5.52 Å². The lowest BCUT2D eigenvalue weighted by Crippen LogP contribution is -2.10. The number of aliphatic carboxylic acids is 1. The molecule has 2 rings (SSSR count). The third-order valence-electron chi connectivity index (χ3n) is 2.53. The molecule has 1 N–H and O–H groups in total. The summed E-state index contributed by atoms with van der Waals surface area (Å²) in [5.74, 6) is -2.02. The molecule has 0 aliphatic rings. The molecule has 0 radical (unpaired) electrons. The van der Waals surface area contributed by atoms with Crippen LogP contribution in [0.25, 0.3) is 10.2 Å². The summed E-state index contributed by atoms with van der Waals surface area (Å²) in [5, 5.41) is 20.0. The number of fused-ring (bicyclic) bond motifs is 1. The van der Waals surface area contributed by atoms with Gasteiger partial charge in [0.2, 0.25) is 0 Å². The lowest BCUT2D eigenvalue weighted by atomic mass is 9.99. The maximum atomic E-state index is 11.0. The van der Waals surface area contributed by atoms with E-state index in [1.54, 1.807) is 6.07 Å². The van der Waals surface area contributed by atoms with Crippen molar-refractivity contribution in [2.45, 2.75) is 12.8 Å². The highest BCUT2D eigenvalue weighted by Gasteiger charge is 2.27. The Bertz CT molecular complexity index is 607. The van der Waals surface area contributed by atoms with Gasteiger partial charge in [0, 0.05) is 5.56 Å². The van der Waals surface area contributed by atoms with E-state index in [1.807, 2.05) is 0 Å². The zero-order valence-electron chi connectivity index (χ0n) is 8.78. The van der Waals surface area contributed by atoms with E-state index >= 15 is 0 Å². The maximum absolute atomic E-state index is 11.0. The molecule has 1 atom stereocenters. The molecule has 1 aromatic heterocycles. The van der Waals surface area contributed by atoms with Crippen LogP contribution in [0.3, 0.4) is 0 Å². The summed E-state index contributed by atoms with van der Waals surface area (Å²) in [6, 6.07) is 3.15. The predicted octanol–water partition coefficient (Wildman–Crippen LogP) is 2.39. The first-order chi connectivity index (χ1) is 8.02. The smallest absolute Gasteiger partial charge is 0.310 e. The molecule has 0 spiro atoms.